The van der Waals surface area contributed by atoms with Gasteiger partial charge < -0.3 is 24.7 Å². The molecule has 5 atom stereocenters. The lowest BCUT2D eigenvalue weighted by Gasteiger charge is -2.26. The van der Waals surface area contributed by atoms with Crippen molar-refractivity contribution >= 4 is 44.9 Å². The highest BCUT2D eigenvalue weighted by molar-refractivity contribution is 9.09. The van der Waals surface area contributed by atoms with E-state index in [9.17, 15) is 9.59 Å². The summed E-state index contributed by atoms with van der Waals surface area (Å²) in [6, 6.07) is 0. The second-order valence-corrected chi connectivity index (χ2v) is 8.90. The van der Waals surface area contributed by atoms with Crippen LogP contribution in [-0.4, -0.2) is 66.7 Å². The monoisotopic (exact) mass is 499 g/mol. The molecule has 12 nitrogen and oxygen atoms in total. The number of hydrogen-bond donors (Lipinski definition) is 1. The summed E-state index contributed by atoms with van der Waals surface area (Å²) in [5.74, 6) is -2.38. The van der Waals surface area contributed by atoms with Crippen LogP contribution in [0.15, 0.2) is 12.7 Å². The number of nitrogen functional groups attached to an aromatic ring is 1. The van der Waals surface area contributed by atoms with Crippen LogP contribution in [0.4, 0.5) is 5.82 Å². The number of cyclic esters (lactones) is 1. The maximum atomic E-state index is 12.0. The molecule has 2 aromatic rings. The minimum atomic E-state index is -1.59. The average molecular weight is 500 g/mol. The second-order valence-electron chi connectivity index (χ2n) is 7.84. The van der Waals surface area contributed by atoms with E-state index in [0.717, 1.165) is 0 Å². The van der Waals surface area contributed by atoms with Crippen molar-refractivity contribution in [1.29, 1.82) is 0 Å². The molecule has 0 aliphatic carbocycles. The SMILES string of the molecule is CC(=O)O[C@@H]1[C@@H](Br)[C@H](n2cnc3c(N)ncnc32)O[C@@H]1COC1(C)OC(=O)C(C)(C)O1. The van der Waals surface area contributed by atoms with Gasteiger partial charge in [-0.15, -0.1) is 0 Å². The maximum Gasteiger partial charge on any atom is 0.342 e. The van der Waals surface area contributed by atoms with Gasteiger partial charge in [0.05, 0.1) is 17.8 Å². The van der Waals surface area contributed by atoms with Crippen LogP contribution >= 0.6 is 15.9 Å². The lowest BCUT2D eigenvalue weighted by molar-refractivity contribution is -0.336. The Labute approximate surface area is 185 Å². The summed E-state index contributed by atoms with van der Waals surface area (Å²) in [7, 11) is 0. The molecule has 0 radical (unpaired) electrons. The fourth-order valence-corrected chi connectivity index (χ4v) is 4.38. The predicted octanol–water partition coefficient (Wildman–Crippen LogP) is 1.04. The molecule has 0 amide bonds. The number of anilines is 1. The first kappa shape index (κ1) is 21.9. The van der Waals surface area contributed by atoms with E-state index in [1.165, 1.54) is 26.5 Å². The van der Waals surface area contributed by atoms with E-state index in [2.05, 4.69) is 30.9 Å². The number of nitrogens with two attached hydrogens (primary N) is 1. The molecule has 4 heterocycles. The maximum absolute atomic E-state index is 12.0. The number of nitrogens with zero attached hydrogens (tertiary/aromatic N) is 4. The van der Waals surface area contributed by atoms with Gasteiger partial charge in [0.15, 0.2) is 23.3 Å². The number of rotatable bonds is 5. The fourth-order valence-electron chi connectivity index (χ4n) is 3.55. The van der Waals surface area contributed by atoms with Crippen molar-refractivity contribution in [1.82, 2.24) is 19.5 Å². The third-order valence-corrected chi connectivity index (χ3v) is 5.92. The summed E-state index contributed by atoms with van der Waals surface area (Å²) < 4.78 is 29.9. The fraction of sp³-hybridized carbons (Fsp3) is 0.611. The number of hydrogen-bond acceptors (Lipinski definition) is 11. The molecule has 2 fully saturated rings. The number of halogens is 1. The van der Waals surface area contributed by atoms with Gasteiger partial charge in [0.1, 0.15) is 24.1 Å². The largest absolute Gasteiger partial charge is 0.458 e. The number of alkyl halides is 1. The Morgan fingerprint density at radius 2 is 2.06 bits per heavy atom. The smallest absolute Gasteiger partial charge is 0.342 e. The molecule has 0 bridgehead atoms. The van der Waals surface area contributed by atoms with Crippen LogP contribution in [0.5, 0.6) is 0 Å². The molecular formula is C18H22BrN5O7. The zero-order valence-electron chi connectivity index (χ0n) is 17.3. The number of fused-ring (bicyclic) bond motifs is 1. The molecule has 2 aliphatic rings. The van der Waals surface area contributed by atoms with E-state index in [0.29, 0.717) is 11.2 Å². The van der Waals surface area contributed by atoms with Crippen LogP contribution in [0.25, 0.3) is 11.2 Å². The number of carbonyl (C=O) groups excluding carboxylic acids is 2. The van der Waals surface area contributed by atoms with E-state index < -0.39 is 46.8 Å². The standard InChI is InChI=1S/C18H22BrN5O7/c1-8(25)28-12-9(5-27-18(4)30-16(26)17(2,3)31-18)29-15(10(12)19)24-7-23-11-13(20)21-6-22-14(11)24/h6-7,9-10,12,15H,5H2,1-4H3,(H2,20,21,22)/t9-,10-,12+,15-,18?/m1/s1. The van der Waals surface area contributed by atoms with E-state index >= 15 is 0 Å². The first-order valence-electron chi connectivity index (χ1n) is 9.48. The van der Waals surface area contributed by atoms with Crippen LogP contribution in [-0.2, 0) is 33.3 Å². The van der Waals surface area contributed by atoms with Gasteiger partial charge in [-0.3, -0.25) is 14.1 Å². The van der Waals surface area contributed by atoms with Crippen molar-refractivity contribution in [2.75, 3.05) is 12.3 Å². The Morgan fingerprint density at radius 1 is 1.32 bits per heavy atom. The van der Waals surface area contributed by atoms with Gasteiger partial charge in [-0.05, 0) is 13.8 Å². The minimum absolute atomic E-state index is 0.0832. The van der Waals surface area contributed by atoms with Gasteiger partial charge in [0.25, 0.3) is 0 Å². The molecule has 2 N–H and O–H groups in total. The molecule has 168 valence electrons. The van der Waals surface area contributed by atoms with Gasteiger partial charge in [-0.2, -0.15) is 0 Å². The van der Waals surface area contributed by atoms with Gasteiger partial charge in [-0.1, -0.05) is 15.9 Å². The minimum Gasteiger partial charge on any atom is -0.458 e. The summed E-state index contributed by atoms with van der Waals surface area (Å²) in [6.45, 7) is 5.87. The van der Waals surface area contributed by atoms with Gasteiger partial charge in [0.2, 0.25) is 0 Å². The molecule has 2 aliphatic heterocycles. The van der Waals surface area contributed by atoms with Crippen LogP contribution in [0.1, 0.15) is 33.9 Å². The number of imidazole rings is 1. The zero-order valence-corrected chi connectivity index (χ0v) is 18.9. The van der Waals surface area contributed by atoms with E-state index in [-0.39, 0.29) is 12.4 Å². The van der Waals surface area contributed by atoms with Crippen LogP contribution in [0.2, 0.25) is 0 Å². The number of carbonyl (C=O) groups is 2. The summed E-state index contributed by atoms with van der Waals surface area (Å²) in [4.78, 5) is 35.6. The van der Waals surface area contributed by atoms with E-state index in [4.69, 9.17) is 29.4 Å². The molecule has 0 saturated carbocycles. The molecule has 0 aromatic carbocycles. The summed E-state index contributed by atoms with van der Waals surface area (Å²) in [5.41, 5.74) is 5.61. The summed E-state index contributed by atoms with van der Waals surface area (Å²) in [5, 5.41) is 0. The van der Waals surface area contributed by atoms with Crippen LogP contribution < -0.4 is 5.73 Å². The lowest BCUT2D eigenvalue weighted by Crippen LogP contribution is -2.40. The van der Waals surface area contributed by atoms with Crippen molar-refractivity contribution < 1.29 is 33.3 Å². The lowest BCUT2D eigenvalue weighted by atomic mass is 10.1. The topological polar surface area (TPSA) is 150 Å². The summed E-state index contributed by atoms with van der Waals surface area (Å²) in [6.07, 6.45) is 0.778. The molecule has 0 spiro atoms. The van der Waals surface area contributed by atoms with Gasteiger partial charge in [-0.25, -0.2) is 19.7 Å². The Balaban J connectivity index is 1.56. The Hall–Kier alpha value is -2.35. The van der Waals surface area contributed by atoms with Crippen molar-refractivity contribution in [3.8, 4) is 0 Å². The first-order valence-corrected chi connectivity index (χ1v) is 10.4. The highest BCUT2D eigenvalue weighted by atomic mass is 79.9. The second kappa shape index (κ2) is 7.65. The normalized spacial score (nSPS) is 32.4. The third-order valence-electron chi connectivity index (χ3n) is 4.95. The predicted molar refractivity (Wildman–Crippen MR) is 108 cm³/mol. The van der Waals surface area contributed by atoms with Crippen LogP contribution in [0, 0.1) is 0 Å². The Morgan fingerprint density at radius 3 is 2.71 bits per heavy atom. The Kier molecular flexibility index (Phi) is 5.40. The van der Waals surface area contributed by atoms with Gasteiger partial charge in [0, 0.05) is 13.8 Å². The molecule has 13 heteroatoms. The third kappa shape index (κ3) is 3.97. The van der Waals surface area contributed by atoms with E-state index in [1.807, 2.05) is 0 Å². The zero-order chi connectivity index (χ0) is 22.6. The van der Waals surface area contributed by atoms with Crippen molar-refractivity contribution in [2.45, 2.75) is 62.5 Å². The summed E-state index contributed by atoms with van der Waals surface area (Å²) >= 11 is 3.56. The first-order chi connectivity index (χ1) is 14.5. The quantitative estimate of drug-likeness (QED) is 0.463. The number of ether oxygens (including phenoxy) is 5. The van der Waals surface area contributed by atoms with Crippen molar-refractivity contribution in [3.63, 3.8) is 0 Å². The molecule has 1 unspecified atom stereocenters. The molecule has 2 saturated heterocycles. The van der Waals surface area contributed by atoms with E-state index in [1.54, 1.807) is 18.4 Å². The number of esters is 2. The van der Waals surface area contributed by atoms with Gasteiger partial charge >= 0.3 is 17.9 Å². The highest BCUT2D eigenvalue weighted by Gasteiger charge is 2.53. The van der Waals surface area contributed by atoms with Crippen molar-refractivity contribution in [3.05, 3.63) is 12.7 Å². The highest BCUT2D eigenvalue weighted by Crippen LogP contribution is 2.40. The average Bonchev–Trinajstić information content (AvgIpc) is 3.28. The molecule has 31 heavy (non-hydrogen) atoms. The molecular weight excluding hydrogens is 478 g/mol. The molecule has 4 rings (SSSR count). The van der Waals surface area contributed by atoms with Crippen LogP contribution in [0.3, 0.4) is 0 Å². The number of aromatic nitrogens is 4. The van der Waals surface area contributed by atoms with Crippen molar-refractivity contribution in [2.24, 2.45) is 0 Å². The Bertz CT molecular complexity index is 1030. The molecule has 2 aromatic heterocycles.